The molecular weight excluding hydrogens is 369 g/mol. The molecule has 2 heterocycles. The lowest BCUT2D eigenvalue weighted by molar-refractivity contribution is 0.336. The zero-order valence-corrected chi connectivity index (χ0v) is 16.8. The molecule has 0 spiro atoms. The Morgan fingerprint density at radius 1 is 0.867 bits per heavy atom. The van der Waals surface area contributed by atoms with Crippen molar-refractivity contribution >= 4 is 16.5 Å². The van der Waals surface area contributed by atoms with Crippen molar-refractivity contribution in [2.24, 2.45) is 11.8 Å². The van der Waals surface area contributed by atoms with Gasteiger partial charge in [-0.05, 0) is 70.3 Å². The number of allylic oxidation sites excluding steroid dienone is 4. The molecule has 0 aromatic heterocycles. The highest BCUT2D eigenvalue weighted by molar-refractivity contribution is 5.94. The average molecular weight is 394 g/mol. The number of anilines is 1. The van der Waals surface area contributed by atoms with E-state index in [1.807, 2.05) is 12.1 Å². The Morgan fingerprint density at radius 3 is 2.57 bits per heavy atom. The third-order valence-corrected chi connectivity index (χ3v) is 7.96. The summed E-state index contributed by atoms with van der Waals surface area (Å²) >= 11 is 0. The summed E-state index contributed by atoms with van der Waals surface area (Å²) in [5.74, 6) is 1.95. The molecule has 0 bridgehead atoms. The SMILES string of the molecule is Fc1ccc([C@H]2[C@@H]3CC=C[C@H]3c3c4c(cc5ccccc35)[C@H]3C=CC[C@@H]3CN42)cc1. The van der Waals surface area contributed by atoms with E-state index >= 15 is 0 Å². The number of hydrogen-bond acceptors (Lipinski definition) is 1. The molecule has 0 saturated carbocycles. The second-order valence-electron chi connectivity index (χ2n) is 9.40. The number of hydrogen-bond donors (Lipinski definition) is 0. The molecule has 2 aliphatic heterocycles. The van der Waals surface area contributed by atoms with Gasteiger partial charge >= 0.3 is 0 Å². The van der Waals surface area contributed by atoms with Crippen molar-refractivity contribution in [2.75, 3.05) is 11.4 Å². The first-order valence-electron chi connectivity index (χ1n) is 11.2. The first-order chi connectivity index (χ1) is 14.8. The molecule has 0 amide bonds. The van der Waals surface area contributed by atoms with Crippen LogP contribution in [-0.2, 0) is 0 Å². The van der Waals surface area contributed by atoms with Crippen molar-refractivity contribution in [2.45, 2.75) is 30.7 Å². The van der Waals surface area contributed by atoms with Crippen molar-refractivity contribution in [3.05, 3.63) is 101 Å². The number of nitrogens with zero attached hydrogens (tertiary/aromatic N) is 1. The van der Waals surface area contributed by atoms with Crippen LogP contribution in [0.25, 0.3) is 10.8 Å². The van der Waals surface area contributed by atoms with Crippen molar-refractivity contribution in [3.8, 4) is 0 Å². The van der Waals surface area contributed by atoms with Gasteiger partial charge in [-0.25, -0.2) is 4.39 Å². The molecule has 0 radical (unpaired) electrons. The second kappa shape index (κ2) is 6.07. The maximum Gasteiger partial charge on any atom is 0.123 e. The predicted octanol–water partition coefficient (Wildman–Crippen LogP) is 6.87. The molecular formula is C28H24FN. The van der Waals surface area contributed by atoms with Gasteiger partial charge in [0.1, 0.15) is 5.82 Å². The molecule has 30 heavy (non-hydrogen) atoms. The highest BCUT2D eigenvalue weighted by atomic mass is 19.1. The first-order valence-corrected chi connectivity index (χ1v) is 11.2. The summed E-state index contributed by atoms with van der Waals surface area (Å²) in [7, 11) is 0. The zero-order valence-electron chi connectivity index (χ0n) is 16.8. The summed E-state index contributed by atoms with van der Waals surface area (Å²) in [4.78, 5) is 2.70. The van der Waals surface area contributed by atoms with Crippen LogP contribution in [-0.4, -0.2) is 6.54 Å². The van der Waals surface area contributed by atoms with Gasteiger partial charge in [0.15, 0.2) is 0 Å². The lowest BCUT2D eigenvalue weighted by Crippen LogP contribution is -2.46. The van der Waals surface area contributed by atoms with Crippen LogP contribution >= 0.6 is 0 Å². The standard InChI is InChI=1S/C28H24FN/c29-20-13-11-17(12-14-20)27-24-10-4-9-23(24)26-22-7-2-1-5-18(22)15-25-21-8-3-6-19(21)16-30(27)28(25)26/h1-5,7-9,11-15,19,21,23-24,27H,6,10,16H2/t19-,21+,23-,24-,27+/m1/s1. The van der Waals surface area contributed by atoms with Gasteiger partial charge in [-0.1, -0.05) is 60.7 Å². The minimum atomic E-state index is -0.151. The number of halogens is 1. The molecule has 0 unspecified atom stereocenters. The van der Waals surface area contributed by atoms with Crippen LogP contribution in [0.15, 0.2) is 78.9 Å². The predicted molar refractivity (Wildman–Crippen MR) is 120 cm³/mol. The van der Waals surface area contributed by atoms with Crippen molar-refractivity contribution in [1.29, 1.82) is 0 Å². The lowest BCUT2D eigenvalue weighted by atomic mass is 9.69. The van der Waals surface area contributed by atoms with Gasteiger partial charge in [-0.15, -0.1) is 0 Å². The summed E-state index contributed by atoms with van der Waals surface area (Å²) in [5.41, 5.74) is 5.74. The number of fused-ring (bicyclic) bond motifs is 6. The fourth-order valence-corrected chi connectivity index (χ4v) is 6.77. The molecule has 0 saturated heterocycles. The van der Waals surface area contributed by atoms with E-state index in [0.29, 0.717) is 29.7 Å². The van der Waals surface area contributed by atoms with Crippen LogP contribution in [0.5, 0.6) is 0 Å². The topological polar surface area (TPSA) is 3.24 Å². The maximum absolute atomic E-state index is 13.7. The van der Waals surface area contributed by atoms with E-state index in [0.717, 1.165) is 19.4 Å². The summed E-state index contributed by atoms with van der Waals surface area (Å²) in [6.07, 6.45) is 11.9. The monoisotopic (exact) mass is 393 g/mol. The summed E-state index contributed by atoms with van der Waals surface area (Å²) in [6, 6.07) is 19.0. The largest absolute Gasteiger partial charge is 0.363 e. The van der Waals surface area contributed by atoms with Crippen LogP contribution in [0.2, 0.25) is 0 Å². The normalized spacial score (nSPS) is 30.4. The molecule has 1 nitrogen and oxygen atoms in total. The lowest BCUT2D eigenvalue weighted by Gasteiger charge is -2.51. The van der Waals surface area contributed by atoms with E-state index in [2.05, 4.69) is 59.5 Å². The highest BCUT2D eigenvalue weighted by Crippen LogP contribution is 2.60. The van der Waals surface area contributed by atoms with Gasteiger partial charge in [-0.3, -0.25) is 0 Å². The Balaban J connectivity index is 1.54. The van der Waals surface area contributed by atoms with Crippen LogP contribution in [0.4, 0.5) is 10.1 Å². The molecule has 0 fully saturated rings. The second-order valence-corrected chi connectivity index (χ2v) is 9.40. The fraction of sp³-hybridized carbons (Fsp3) is 0.286. The van der Waals surface area contributed by atoms with E-state index in [1.54, 1.807) is 12.1 Å². The van der Waals surface area contributed by atoms with E-state index in [1.165, 1.54) is 33.2 Å². The van der Waals surface area contributed by atoms with E-state index in [-0.39, 0.29) is 5.82 Å². The van der Waals surface area contributed by atoms with Crippen LogP contribution < -0.4 is 4.90 Å². The van der Waals surface area contributed by atoms with Gasteiger partial charge in [0.25, 0.3) is 0 Å². The van der Waals surface area contributed by atoms with Gasteiger partial charge in [0.2, 0.25) is 0 Å². The van der Waals surface area contributed by atoms with Crippen LogP contribution in [0.1, 0.15) is 47.4 Å². The summed E-state index contributed by atoms with van der Waals surface area (Å²) in [5, 5.41) is 2.77. The minimum absolute atomic E-state index is 0.151. The van der Waals surface area contributed by atoms with Gasteiger partial charge < -0.3 is 4.90 Å². The van der Waals surface area contributed by atoms with E-state index < -0.39 is 0 Å². The van der Waals surface area contributed by atoms with E-state index in [9.17, 15) is 4.39 Å². The third-order valence-electron chi connectivity index (χ3n) is 7.96. The Labute approximate surface area is 176 Å². The number of benzene rings is 3. The minimum Gasteiger partial charge on any atom is -0.363 e. The van der Waals surface area contributed by atoms with Gasteiger partial charge in [0, 0.05) is 24.1 Å². The molecule has 5 atom stereocenters. The fourth-order valence-electron chi connectivity index (χ4n) is 6.77. The Bertz CT molecular complexity index is 1220. The van der Waals surface area contributed by atoms with Crippen molar-refractivity contribution < 1.29 is 4.39 Å². The molecule has 0 N–H and O–H groups in total. The summed E-state index contributed by atoms with van der Waals surface area (Å²) < 4.78 is 13.7. The highest BCUT2D eigenvalue weighted by Gasteiger charge is 2.48. The molecule has 4 aliphatic rings. The molecule has 3 aromatic carbocycles. The molecule has 2 aliphatic carbocycles. The average Bonchev–Trinajstić information content (AvgIpc) is 3.44. The summed E-state index contributed by atoms with van der Waals surface area (Å²) in [6.45, 7) is 1.08. The van der Waals surface area contributed by atoms with Crippen molar-refractivity contribution in [1.82, 2.24) is 0 Å². The quantitative estimate of drug-likeness (QED) is 0.408. The molecule has 3 aromatic rings. The Kier molecular flexibility index (Phi) is 3.42. The maximum atomic E-state index is 13.7. The van der Waals surface area contributed by atoms with Crippen molar-refractivity contribution in [3.63, 3.8) is 0 Å². The van der Waals surface area contributed by atoms with Crippen LogP contribution in [0, 0.1) is 17.7 Å². The molecule has 7 rings (SSSR count). The Hall–Kier alpha value is -2.87. The van der Waals surface area contributed by atoms with Gasteiger partial charge in [0.05, 0.1) is 6.04 Å². The Morgan fingerprint density at radius 2 is 1.67 bits per heavy atom. The van der Waals surface area contributed by atoms with Crippen LogP contribution in [0.3, 0.4) is 0 Å². The third kappa shape index (κ3) is 2.17. The zero-order chi connectivity index (χ0) is 19.8. The van der Waals surface area contributed by atoms with E-state index in [4.69, 9.17) is 0 Å². The smallest absolute Gasteiger partial charge is 0.123 e. The molecule has 148 valence electrons. The first kappa shape index (κ1) is 16.9. The number of rotatable bonds is 1. The molecule has 2 heteroatoms. The van der Waals surface area contributed by atoms with Gasteiger partial charge in [-0.2, -0.15) is 0 Å².